The molecule has 1 amide bonds. The van der Waals surface area contributed by atoms with E-state index in [2.05, 4.69) is 5.32 Å². The van der Waals surface area contributed by atoms with Crippen molar-refractivity contribution in [1.29, 1.82) is 0 Å². The minimum absolute atomic E-state index is 0.0442. The molecule has 2 N–H and O–H groups in total. The van der Waals surface area contributed by atoms with Gasteiger partial charge in [-0.05, 0) is 18.1 Å². The summed E-state index contributed by atoms with van der Waals surface area (Å²) in [6.07, 6.45) is 1.44. The van der Waals surface area contributed by atoms with E-state index in [-0.39, 0.29) is 17.0 Å². The van der Waals surface area contributed by atoms with Gasteiger partial charge < -0.3 is 15.0 Å². The molecular formula is C18H23N3O5S. The molecule has 1 heterocycles. The van der Waals surface area contributed by atoms with Gasteiger partial charge in [-0.1, -0.05) is 37.3 Å². The summed E-state index contributed by atoms with van der Waals surface area (Å²) in [6, 6.07) is 9.63. The van der Waals surface area contributed by atoms with Gasteiger partial charge in [-0.3, -0.25) is 4.79 Å². The van der Waals surface area contributed by atoms with Gasteiger partial charge in [0.05, 0.1) is 0 Å². The number of aromatic nitrogens is 1. The van der Waals surface area contributed by atoms with E-state index < -0.39 is 27.4 Å². The highest BCUT2D eigenvalue weighted by molar-refractivity contribution is 7.89. The third kappa shape index (κ3) is 3.74. The van der Waals surface area contributed by atoms with Gasteiger partial charge in [0.2, 0.25) is 10.0 Å². The van der Waals surface area contributed by atoms with Crippen molar-refractivity contribution in [2.75, 3.05) is 14.1 Å². The summed E-state index contributed by atoms with van der Waals surface area (Å²) in [5, 5.41) is 12.4. The maximum atomic E-state index is 12.8. The second kappa shape index (κ2) is 7.53. The molecule has 1 atom stereocenters. The number of hydrogen-bond donors (Lipinski definition) is 2. The summed E-state index contributed by atoms with van der Waals surface area (Å²) in [5.74, 6) is -1.87. The van der Waals surface area contributed by atoms with Gasteiger partial charge in [0, 0.05) is 27.3 Å². The SMILES string of the molecule is CCC(NC(=O)c1cc(S(=O)(=O)N(C)C)cn1C)(C(=O)O)c1ccccc1. The topological polar surface area (TPSA) is 109 Å². The summed E-state index contributed by atoms with van der Waals surface area (Å²) in [4.78, 5) is 24.8. The summed E-state index contributed by atoms with van der Waals surface area (Å²) in [7, 11) is 0.600. The molecule has 0 saturated heterocycles. The number of sulfonamides is 1. The zero-order chi connectivity index (χ0) is 20.4. The van der Waals surface area contributed by atoms with Crippen LogP contribution in [0.2, 0.25) is 0 Å². The molecule has 9 heteroatoms. The Morgan fingerprint density at radius 3 is 2.30 bits per heavy atom. The first-order valence-electron chi connectivity index (χ1n) is 8.26. The number of amides is 1. The van der Waals surface area contributed by atoms with Crippen molar-refractivity contribution in [2.24, 2.45) is 7.05 Å². The lowest BCUT2D eigenvalue weighted by atomic mass is 9.87. The Labute approximate surface area is 158 Å². The molecule has 1 aromatic carbocycles. The predicted octanol–water partition coefficient (Wildman–Crippen LogP) is 1.40. The smallest absolute Gasteiger partial charge is 0.334 e. The Balaban J connectivity index is 2.46. The van der Waals surface area contributed by atoms with Crippen LogP contribution in [0.5, 0.6) is 0 Å². The van der Waals surface area contributed by atoms with Crippen molar-refractivity contribution in [2.45, 2.75) is 23.8 Å². The number of nitrogens with zero attached hydrogens (tertiary/aromatic N) is 2. The first-order chi connectivity index (χ1) is 12.6. The fourth-order valence-electron chi connectivity index (χ4n) is 2.79. The predicted molar refractivity (Wildman–Crippen MR) is 99.8 cm³/mol. The Hall–Kier alpha value is -2.65. The molecule has 2 rings (SSSR count). The van der Waals surface area contributed by atoms with Gasteiger partial charge in [-0.25, -0.2) is 17.5 Å². The monoisotopic (exact) mass is 393 g/mol. The lowest BCUT2D eigenvalue weighted by Gasteiger charge is -2.30. The normalized spacial score (nSPS) is 14.0. The van der Waals surface area contributed by atoms with Crippen LogP contribution in [0.1, 0.15) is 29.4 Å². The first-order valence-corrected chi connectivity index (χ1v) is 9.70. The number of carboxylic acid groups (broad SMARTS) is 1. The number of rotatable bonds is 7. The van der Waals surface area contributed by atoms with Crippen molar-refractivity contribution < 1.29 is 23.1 Å². The first kappa shape index (κ1) is 20.7. The van der Waals surface area contributed by atoms with Gasteiger partial charge in [-0.15, -0.1) is 0 Å². The molecule has 0 bridgehead atoms. The molecule has 146 valence electrons. The third-order valence-corrected chi connectivity index (χ3v) is 6.26. The van der Waals surface area contributed by atoms with Gasteiger partial charge >= 0.3 is 5.97 Å². The number of nitrogens with one attached hydrogen (secondary N) is 1. The summed E-state index contributed by atoms with van der Waals surface area (Å²) in [5.41, 5.74) is -1.14. The van der Waals surface area contributed by atoms with E-state index in [1.54, 1.807) is 37.3 Å². The molecule has 8 nitrogen and oxygen atoms in total. The quantitative estimate of drug-likeness (QED) is 0.739. The van der Waals surface area contributed by atoms with Crippen molar-refractivity contribution in [3.05, 3.63) is 53.9 Å². The number of carbonyl (C=O) groups excluding carboxylic acids is 1. The molecule has 0 aliphatic rings. The third-order valence-electron chi connectivity index (χ3n) is 4.48. The van der Waals surface area contributed by atoms with E-state index in [9.17, 15) is 23.1 Å². The average molecular weight is 393 g/mol. The standard InChI is InChI=1S/C18H23N3O5S/c1-5-18(17(23)24,13-9-7-6-8-10-13)19-16(22)15-11-14(12-21(15)4)27(25,26)20(2)3/h6-12H,5H2,1-4H3,(H,19,22)(H,23,24). The molecule has 2 aromatic rings. The fourth-order valence-corrected chi connectivity index (χ4v) is 3.76. The van der Waals surface area contributed by atoms with E-state index in [0.29, 0.717) is 5.56 Å². The number of carboxylic acids is 1. The zero-order valence-electron chi connectivity index (χ0n) is 15.6. The van der Waals surface area contributed by atoms with Crippen LogP contribution in [0, 0.1) is 0 Å². The van der Waals surface area contributed by atoms with E-state index in [1.165, 1.54) is 38.0 Å². The van der Waals surface area contributed by atoms with Crippen LogP contribution in [-0.2, 0) is 27.4 Å². The highest BCUT2D eigenvalue weighted by Gasteiger charge is 2.41. The summed E-state index contributed by atoms with van der Waals surface area (Å²) < 4.78 is 27.0. The molecule has 27 heavy (non-hydrogen) atoms. The average Bonchev–Trinajstić information content (AvgIpc) is 3.02. The minimum Gasteiger partial charge on any atom is -0.479 e. The highest BCUT2D eigenvalue weighted by Crippen LogP contribution is 2.26. The maximum absolute atomic E-state index is 12.8. The Bertz CT molecular complexity index is 951. The zero-order valence-corrected chi connectivity index (χ0v) is 16.4. The van der Waals surface area contributed by atoms with Crippen LogP contribution in [-0.4, -0.2) is 48.4 Å². The van der Waals surface area contributed by atoms with Crippen LogP contribution < -0.4 is 5.32 Å². The van der Waals surface area contributed by atoms with Gasteiger partial charge in [-0.2, -0.15) is 0 Å². The summed E-state index contributed by atoms with van der Waals surface area (Å²) >= 11 is 0. The largest absolute Gasteiger partial charge is 0.479 e. The van der Waals surface area contributed by atoms with Crippen LogP contribution in [0.15, 0.2) is 47.5 Å². The molecule has 0 saturated carbocycles. The number of hydrogen-bond acceptors (Lipinski definition) is 4. The van der Waals surface area contributed by atoms with Crippen molar-refractivity contribution in [3.63, 3.8) is 0 Å². The van der Waals surface area contributed by atoms with Crippen molar-refractivity contribution in [3.8, 4) is 0 Å². The van der Waals surface area contributed by atoms with Crippen LogP contribution in [0.3, 0.4) is 0 Å². The van der Waals surface area contributed by atoms with E-state index in [0.717, 1.165) is 4.31 Å². The molecule has 0 aliphatic carbocycles. The molecule has 0 aliphatic heterocycles. The van der Waals surface area contributed by atoms with Crippen molar-refractivity contribution >= 4 is 21.9 Å². The lowest BCUT2D eigenvalue weighted by Crippen LogP contribution is -2.51. The van der Waals surface area contributed by atoms with Crippen LogP contribution in [0.25, 0.3) is 0 Å². The highest BCUT2D eigenvalue weighted by atomic mass is 32.2. The second-order valence-electron chi connectivity index (χ2n) is 6.34. The molecule has 0 fully saturated rings. The number of benzene rings is 1. The van der Waals surface area contributed by atoms with Gasteiger partial charge in [0.25, 0.3) is 5.91 Å². The maximum Gasteiger partial charge on any atom is 0.334 e. The van der Waals surface area contributed by atoms with E-state index in [1.807, 2.05) is 0 Å². The Morgan fingerprint density at radius 2 is 1.81 bits per heavy atom. The minimum atomic E-state index is -3.71. The lowest BCUT2D eigenvalue weighted by molar-refractivity contribution is -0.145. The number of aliphatic carboxylic acids is 1. The van der Waals surface area contributed by atoms with Crippen molar-refractivity contribution in [1.82, 2.24) is 14.2 Å². The molecule has 1 unspecified atom stereocenters. The number of aryl methyl sites for hydroxylation is 1. The van der Waals surface area contributed by atoms with Crippen LogP contribution in [0.4, 0.5) is 0 Å². The Kier molecular flexibility index (Phi) is 5.76. The fraction of sp³-hybridized carbons (Fsp3) is 0.333. The Morgan fingerprint density at radius 1 is 1.22 bits per heavy atom. The molecule has 0 spiro atoms. The molecule has 1 aromatic heterocycles. The van der Waals surface area contributed by atoms with Crippen LogP contribution >= 0.6 is 0 Å². The second-order valence-corrected chi connectivity index (χ2v) is 8.50. The van der Waals surface area contributed by atoms with E-state index in [4.69, 9.17) is 0 Å². The molecule has 0 radical (unpaired) electrons. The summed E-state index contributed by atoms with van der Waals surface area (Å²) in [6.45, 7) is 1.66. The number of carbonyl (C=O) groups is 2. The van der Waals surface area contributed by atoms with E-state index >= 15 is 0 Å². The van der Waals surface area contributed by atoms with Gasteiger partial charge in [0.1, 0.15) is 10.6 Å². The molecular weight excluding hydrogens is 370 g/mol. The van der Waals surface area contributed by atoms with Gasteiger partial charge in [0.15, 0.2) is 5.54 Å².